The maximum atomic E-state index is 11.7. The van der Waals surface area contributed by atoms with Crippen molar-refractivity contribution < 1.29 is 24.5 Å². The Morgan fingerprint density at radius 1 is 1.30 bits per heavy atom. The van der Waals surface area contributed by atoms with Crippen LogP contribution in [0.2, 0.25) is 0 Å². The van der Waals surface area contributed by atoms with Gasteiger partial charge in [0.2, 0.25) is 0 Å². The maximum absolute atomic E-state index is 11.7. The standard InChI is InChI=1S/C14H19NO5/c16-11-2-3-13(17)12(10-11)14(18)20-7-1-4-15-5-8-19-9-6-15/h2-3,10,16-17H,1,4-9H2. The van der Waals surface area contributed by atoms with Gasteiger partial charge in [0.25, 0.3) is 0 Å². The van der Waals surface area contributed by atoms with Crippen molar-refractivity contribution in [2.45, 2.75) is 6.42 Å². The van der Waals surface area contributed by atoms with Crippen molar-refractivity contribution in [3.05, 3.63) is 23.8 Å². The highest BCUT2D eigenvalue weighted by atomic mass is 16.5. The Hall–Kier alpha value is -1.79. The van der Waals surface area contributed by atoms with Gasteiger partial charge in [-0.05, 0) is 24.6 Å². The first-order valence-corrected chi connectivity index (χ1v) is 6.66. The molecule has 110 valence electrons. The summed E-state index contributed by atoms with van der Waals surface area (Å²) < 4.78 is 10.3. The quantitative estimate of drug-likeness (QED) is 0.476. The first-order valence-electron chi connectivity index (χ1n) is 6.66. The van der Waals surface area contributed by atoms with Crippen molar-refractivity contribution in [2.24, 2.45) is 0 Å². The van der Waals surface area contributed by atoms with Crippen LogP contribution in [0.1, 0.15) is 16.8 Å². The first-order chi connectivity index (χ1) is 9.66. The van der Waals surface area contributed by atoms with Crippen LogP contribution >= 0.6 is 0 Å². The summed E-state index contributed by atoms with van der Waals surface area (Å²) in [6, 6.07) is 3.77. The first kappa shape index (κ1) is 14.6. The van der Waals surface area contributed by atoms with Crippen LogP contribution < -0.4 is 0 Å². The van der Waals surface area contributed by atoms with Gasteiger partial charge in [0.05, 0.1) is 19.8 Å². The van der Waals surface area contributed by atoms with Crippen molar-refractivity contribution in [1.82, 2.24) is 4.90 Å². The number of benzene rings is 1. The van der Waals surface area contributed by atoms with Gasteiger partial charge in [-0.15, -0.1) is 0 Å². The van der Waals surface area contributed by atoms with E-state index in [1.54, 1.807) is 0 Å². The van der Waals surface area contributed by atoms with Crippen LogP contribution in [0.25, 0.3) is 0 Å². The van der Waals surface area contributed by atoms with Gasteiger partial charge in [-0.25, -0.2) is 4.79 Å². The van der Waals surface area contributed by atoms with Gasteiger partial charge in [0.1, 0.15) is 17.1 Å². The second kappa shape index (κ2) is 7.12. The topological polar surface area (TPSA) is 79.2 Å². The second-order valence-corrected chi connectivity index (χ2v) is 4.64. The molecule has 1 saturated heterocycles. The normalized spacial score (nSPS) is 16.0. The number of morpholine rings is 1. The second-order valence-electron chi connectivity index (χ2n) is 4.64. The van der Waals surface area contributed by atoms with Crippen LogP contribution in [-0.2, 0) is 9.47 Å². The van der Waals surface area contributed by atoms with E-state index in [1.807, 2.05) is 0 Å². The zero-order valence-electron chi connectivity index (χ0n) is 11.2. The molecule has 1 aromatic carbocycles. The van der Waals surface area contributed by atoms with Gasteiger partial charge in [-0.1, -0.05) is 0 Å². The minimum atomic E-state index is -0.625. The lowest BCUT2D eigenvalue weighted by molar-refractivity contribution is 0.0297. The fraction of sp³-hybridized carbons (Fsp3) is 0.500. The molecule has 2 rings (SSSR count). The number of hydrogen-bond acceptors (Lipinski definition) is 6. The van der Waals surface area contributed by atoms with Crippen LogP contribution in [0.15, 0.2) is 18.2 Å². The number of carbonyl (C=O) groups excluding carboxylic acids is 1. The molecule has 2 N–H and O–H groups in total. The average molecular weight is 281 g/mol. The number of nitrogens with zero attached hydrogens (tertiary/aromatic N) is 1. The van der Waals surface area contributed by atoms with Crippen LogP contribution in [0.4, 0.5) is 0 Å². The number of carbonyl (C=O) groups is 1. The number of aromatic hydroxyl groups is 2. The molecule has 0 aliphatic carbocycles. The summed E-state index contributed by atoms with van der Waals surface area (Å²) in [5, 5.41) is 18.8. The predicted molar refractivity (Wildman–Crippen MR) is 71.9 cm³/mol. The summed E-state index contributed by atoms with van der Waals surface area (Å²) >= 11 is 0. The molecule has 6 nitrogen and oxygen atoms in total. The number of ether oxygens (including phenoxy) is 2. The Balaban J connectivity index is 1.73. The molecule has 0 saturated carbocycles. The summed E-state index contributed by atoms with van der Waals surface area (Å²) in [7, 11) is 0. The van der Waals surface area contributed by atoms with E-state index in [9.17, 15) is 15.0 Å². The largest absolute Gasteiger partial charge is 0.508 e. The van der Waals surface area contributed by atoms with E-state index in [1.165, 1.54) is 18.2 Å². The van der Waals surface area contributed by atoms with Gasteiger partial charge in [-0.2, -0.15) is 0 Å². The highest BCUT2D eigenvalue weighted by Crippen LogP contribution is 2.22. The van der Waals surface area contributed by atoms with Crippen molar-refractivity contribution in [3.63, 3.8) is 0 Å². The highest BCUT2D eigenvalue weighted by Gasteiger charge is 2.14. The van der Waals surface area contributed by atoms with E-state index in [0.717, 1.165) is 39.3 Å². The number of rotatable bonds is 5. The van der Waals surface area contributed by atoms with Crippen molar-refractivity contribution in [3.8, 4) is 11.5 Å². The number of phenols is 2. The molecule has 6 heteroatoms. The van der Waals surface area contributed by atoms with Crippen molar-refractivity contribution in [2.75, 3.05) is 39.5 Å². The van der Waals surface area contributed by atoms with Crippen LogP contribution in [0.5, 0.6) is 11.5 Å². The third kappa shape index (κ3) is 4.11. The van der Waals surface area contributed by atoms with Crippen LogP contribution in [0, 0.1) is 0 Å². The highest BCUT2D eigenvalue weighted by molar-refractivity contribution is 5.92. The molecule has 20 heavy (non-hydrogen) atoms. The van der Waals surface area contributed by atoms with Crippen molar-refractivity contribution >= 4 is 5.97 Å². The van der Waals surface area contributed by atoms with E-state index in [0.29, 0.717) is 0 Å². The maximum Gasteiger partial charge on any atom is 0.342 e. The minimum Gasteiger partial charge on any atom is -0.508 e. The molecule has 1 aliphatic rings. The fourth-order valence-corrected chi connectivity index (χ4v) is 2.04. The monoisotopic (exact) mass is 281 g/mol. The summed E-state index contributed by atoms with van der Waals surface area (Å²) in [5.41, 5.74) is -0.0172. The fourth-order valence-electron chi connectivity index (χ4n) is 2.04. The molecular weight excluding hydrogens is 262 g/mol. The molecule has 0 aromatic heterocycles. The molecular formula is C14H19NO5. The van der Waals surface area contributed by atoms with E-state index < -0.39 is 5.97 Å². The lowest BCUT2D eigenvalue weighted by atomic mass is 10.2. The van der Waals surface area contributed by atoms with E-state index in [2.05, 4.69) is 4.90 Å². The summed E-state index contributed by atoms with van der Waals surface area (Å²) in [5.74, 6) is -0.899. The Morgan fingerprint density at radius 2 is 2.05 bits per heavy atom. The van der Waals surface area contributed by atoms with Crippen LogP contribution in [0.3, 0.4) is 0 Å². The van der Waals surface area contributed by atoms with Crippen molar-refractivity contribution in [1.29, 1.82) is 0 Å². The van der Waals surface area contributed by atoms with E-state index >= 15 is 0 Å². The summed E-state index contributed by atoms with van der Waals surface area (Å²) in [6.45, 7) is 4.43. The molecule has 0 radical (unpaired) electrons. The molecule has 0 bridgehead atoms. The third-order valence-electron chi connectivity index (χ3n) is 3.16. The summed E-state index contributed by atoms with van der Waals surface area (Å²) in [6.07, 6.45) is 0.727. The van der Waals surface area contributed by atoms with Gasteiger partial charge < -0.3 is 19.7 Å². The molecule has 1 aliphatic heterocycles. The minimum absolute atomic E-state index is 0.0172. The smallest absolute Gasteiger partial charge is 0.342 e. The van der Waals surface area contributed by atoms with Gasteiger partial charge in [0, 0.05) is 19.6 Å². The lowest BCUT2D eigenvalue weighted by Gasteiger charge is -2.26. The molecule has 0 unspecified atom stereocenters. The van der Waals surface area contributed by atoms with Gasteiger partial charge in [0.15, 0.2) is 0 Å². The average Bonchev–Trinajstić information content (AvgIpc) is 2.47. The Labute approximate surface area is 117 Å². The molecule has 0 spiro atoms. The van der Waals surface area contributed by atoms with Gasteiger partial charge in [-0.3, -0.25) is 4.90 Å². The Bertz CT molecular complexity index is 457. The number of hydrogen-bond donors (Lipinski definition) is 2. The number of phenolic OH excluding ortho intramolecular Hbond substituents is 2. The van der Waals surface area contributed by atoms with Crippen LogP contribution in [-0.4, -0.2) is 60.5 Å². The SMILES string of the molecule is O=C(OCCCN1CCOCC1)c1cc(O)ccc1O. The summed E-state index contributed by atoms with van der Waals surface area (Å²) in [4.78, 5) is 14.0. The lowest BCUT2D eigenvalue weighted by Crippen LogP contribution is -2.37. The molecule has 0 atom stereocenters. The predicted octanol–water partition coefficient (Wildman–Crippen LogP) is 0.977. The van der Waals surface area contributed by atoms with E-state index in [4.69, 9.17) is 9.47 Å². The zero-order valence-corrected chi connectivity index (χ0v) is 11.2. The molecule has 1 fully saturated rings. The molecule has 1 heterocycles. The Kier molecular flexibility index (Phi) is 5.20. The van der Waals surface area contributed by atoms with E-state index in [-0.39, 0.29) is 23.7 Å². The Morgan fingerprint density at radius 3 is 2.80 bits per heavy atom. The molecule has 0 amide bonds. The van der Waals surface area contributed by atoms with Gasteiger partial charge >= 0.3 is 5.97 Å². The third-order valence-corrected chi connectivity index (χ3v) is 3.16. The number of esters is 1. The molecule has 1 aromatic rings. The zero-order chi connectivity index (χ0) is 14.4.